The predicted molar refractivity (Wildman–Crippen MR) is 120 cm³/mol. The average molecular weight is 417 g/mol. The molecule has 0 unspecified atom stereocenters. The number of carboxylic acids is 1. The number of allylic oxidation sites excluding steroid dienone is 1. The minimum atomic E-state index is -1.04. The molecule has 0 aliphatic carbocycles. The van der Waals surface area contributed by atoms with Gasteiger partial charge in [0.25, 0.3) is 0 Å². The molecule has 1 aromatic rings. The first kappa shape index (κ1) is 28.8. The summed E-state index contributed by atoms with van der Waals surface area (Å²) in [6.07, 6.45) is 6.16. The summed E-state index contributed by atoms with van der Waals surface area (Å²) in [4.78, 5) is 31.5. The molecule has 0 amide bonds. The molecule has 6 nitrogen and oxygen atoms in total. The number of rotatable bonds is 9. The highest BCUT2D eigenvalue weighted by molar-refractivity contribution is 5.88. The number of esters is 2. The zero-order chi connectivity index (χ0) is 23.4. The van der Waals surface area contributed by atoms with Crippen LogP contribution >= 0.6 is 0 Å². The summed E-state index contributed by atoms with van der Waals surface area (Å²) >= 11 is 0. The lowest BCUT2D eigenvalue weighted by molar-refractivity contribution is -0.139. The van der Waals surface area contributed by atoms with Crippen LogP contribution in [-0.4, -0.2) is 36.7 Å². The molecule has 0 heterocycles. The summed E-state index contributed by atoms with van der Waals surface area (Å²) in [6, 6.07) is 10.0. The van der Waals surface area contributed by atoms with Gasteiger partial charge in [-0.15, -0.1) is 0 Å². The van der Waals surface area contributed by atoms with Crippen molar-refractivity contribution in [1.82, 2.24) is 0 Å². The van der Waals surface area contributed by atoms with E-state index in [0.717, 1.165) is 18.9 Å². The molecule has 1 rings (SSSR count). The fraction of sp³-hybridized carbons (Fsp3) is 0.292. The number of hydrogen-bond donors (Lipinski definition) is 1. The van der Waals surface area contributed by atoms with Gasteiger partial charge in [-0.1, -0.05) is 75.6 Å². The molecule has 0 saturated carbocycles. The third kappa shape index (κ3) is 18.0. The second kappa shape index (κ2) is 18.9. The molecule has 0 spiro atoms. The van der Waals surface area contributed by atoms with Crippen LogP contribution in [-0.2, 0) is 23.9 Å². The minimum Gasteiger partial charge on any atom is -0.478 e. The average Bonchev–Trinajstić information content (AvgIpc) is 2.74. The fourth-order valence-corrected chi connectivity index (χ4v) is 1.56. The molecule has 0 fully saturated rings. The minimum absolute atomic E-state index is 0.206. The van der Waals surface area contributed by atoms with Crippen LogP contribution in [0.1, 0.15) is 38.7 Å². The summed E-state index contributed by atoms with van der Waals surface area (Å²) in [5.41, 5.74) is 1.87. The van der Waals surface area contributed by atoms with Gasteiger partial charge in [0.2, 0.25) is 0 Å². The first-order valence-corrected chi connectivity index (χ1v) is 9.35. The van der Waals surface area contributed by atoms with Gasteiger partial charge in [0.05, 0.1) is 13.7 Å². The van der Waals surface area contributed by atoms with Crippen LogP contribution in [0.3, 0.4) is 0 Å². The number of benzene rings is 1. The summed E-state index contributed by atoms with van der Waals surface area (Å²) in [5, 5.41) is 8.31. The van der Waals surface area contributed by atoms with Crippen LogP contribution in [0.15, 0.2) is 73.4 Å². The van der Waals surface area contributed by atoms with E-state index < -0.39 is 11.9 Å². The number of carbonyl (C=O) groups excluding carboxylic acids is 2. The van der Waals surface area contributed by atoms with Crippen molar-refractivity contribution in [2.24, 2.45) is 0 Å². The molecule has 0 atom stereocenters. The topological polar surface area (TPSA) is 89.9 Å². The van der Waals surface area contributed by atoms with E-state index in [-0.39, 0.29) is 18.0 Å². The van der Waals surface area contributed by atoms with Crippen LogP contribution in [0, 0.1) is 0 Å². The molecule has 1 aromatic carbocycles. The number of carbonyl (C=O) groups is 3. The molecular weight excluding hydrogens is 384 g/mol. The Labute approximate surface area is 179 Å². The maximum absolute atomic E-state index is 11.2. The maximum Gasteiger partial charge on any atom is 0.333 e. The Balaban J connectivity index is 0. The quantitative estimate of drug-likeness (QED) is 0.347. The van der Waals surface area contributed by atoms with Crippen LogP contribution in [0.2, 0.25) is 0 Å². The van der Waals surface area contributed by atoms with Crippen molar-refractivity contribution in [1.29, 1.82) is 0 Å². The van der Waals surface area contributed by atoms with E-state index in [1.807, 2.05) is 43.3 Å². The number of methoxy groups -OCH3 is 1. The van der Waals surface area contributed by atoms with Crippen molar-refractivity contribution >= 4 is 24.0 Å². The molecule has 0 aromatic heterocycles. The van der Waals surface area contributed by atoms with Crippen molar-refractivity contribution in [2.75, 3.05) is 13.7 Å². The van der Waals surface area contributed by atoms with Crippen molar-refractivity contribution in [3.8, 4) is 0 Å². The van der Waals surface area contributed by atoms with Crippen molar-refractivity contribution in [3.05, 3.63) is 78.9 Å². The van der Waals surface area contributed by atoms with Crippen molar-refractivity contribution in [3.63, 3.8) is 0 Å². The number of unbranched alkanes of at least 4 members (excludes halogenated alkanes) is 1. The molecule has 0 saturated heterocycles. The van der Waals surface area contributed by atoms with Gasteiger partial charge in [-0.3, -0.25) is 0 Å². The fourth-order valence-electron chi connectivity index (χ4n) is 1.56. The molecule has 6 heteroatoms. The van der Waals surface area contributed by atoms with Crippen molar-refractivity contribution in [2.45, 2.75) is 33.1 Å². The van der Waals surface area contributed by atoms with Gasteiger partial charge in [-0.2, -0.15) is 0 Å². The number of ether oxygens (including phenoxy) is 2. The lowest BCUT2D eigenvalue weighted by atomic mass is 10.2. The Morgan fingerprint density at radius 2 is 1.70 bits per heavy atom. The van der Waals surface area contributed by atoms with E-state index in [1.165, 1.54) is 18.7 Å². The summed E-state index contributed by atoms with van der Waals surface area (Å²) in [5.74, 6) is -1.85. The van der Waals surface area contributed by atoms with Gasteiger partial charge in [0.1, 0.15) is 0 Å². The monoisotopic (exact) mass is 416 g/mol. The molecule has 0 aliphatic rings. The first-order chi connectivity index (χ1) is 14.2. The Hall–Kier alpha value is -3.41. The van der Waals surface area contributed by atoms with Crippen LogP contribution in [0.5, 0.6) is 0 Å². The highest BCUT2D eigenvalue weighted by atomic mass is 16.5. The molecule has 0 aliphatic heterocycles. The second-order valence-electron chi connectivity index (χ2n) is 5.92. The van der Waals surface area contributed by atoms with E-state index in [4.69, 9.17) is 9.84 Å². The smallest absolute Gasteiger partial charge is 0.333 e. The number of aliphatic carboxylic acids is 1. The Bertz CT molecular complexity index is 716. The zero-order valence-corrected chi connectivity index (χ0v) is 18.1. The van der Waals surface area contributed by atoms with Gasteiger partial charge in [-0.25, -0.2) is 14.4 Å². The van der Waals surface area contributed by atoms with Gasteiger partial charge < -0.3 is 14.6 Å². The summed E-state index contributed by atoms with van der Waals surface area (Å²) < 4.78 is 9.16. The second-order valence-corrected chi connectivity index (χ2v) is 5.92. The Morgan fingerprint density at radius 1 is 1.10 bits per heavy atom. The Morgan fingerprint density at radius 3 is 2.07 bits per heavy atom. The largest absolute Gasteiger partial charge is 0.478 e. The Kier molecular flexibility index (Phi) is 18.2. The standard InChI is InChI=1S/C11H16O4.C8H8.C5H8O2/c1-3-4-8-15-11(14)9(2)6-5-7-10(12)13;1-2-8-6-4-3-5-7-8;1-4(2)5(6)7-3/h5,7H,2-4,6,8H2,1H3,(H,12,13);2-7H,1H2;1H2,2-3H3. The van der Waals surface area contributed by atoms with Crippen LogP contribution in [0.4, 0.5) is 0 Å². The SMILES string of the molecule is C=C(C)C(=O)OC.C=C(CC=CC(=O)O)C(=O)OCCCC.C=Cc1ccccc1. The molecule has 164 valence electrons. The van der Waals surface area contributed by atoms with Gasteiger partial charge >= 0.3 is 17.9 Å². The van der Waals surface area contributed by atoms with E-state index in [0.29, 0.717) is 12.2 Å². The van der Waals surface area contributed by atoms with Gasteiger partial charge in [0, 0.05) is 17.2 Å². The molecule has 0 bridgehead atoms. The van der Waals surface area contributed by atoms with E-state index in [9.17, 15) is 14.4 Å². The normalized spacial score (nSPS) is 9.17. The predicted octanol–water partition coefficient (Wildman–Crippen LogP) is 4.98. The lowest BCUT2D eigenvalue weighted by Crippen LogP contribution is -2.07. The van der Waals surface area contributed by atoms with E-state index >= 15 is 0 Å². The lowest BCUT2D eigenvalue weighted by Gasteiger charge is -2.03. The van der Waals surface area contributed by atoms with E-state index in [1.54, 1.807) is 6.92 Å². The highest BCUT2D eigenvalue weighted by Gasteiger charge is 2.06. The first-order valence-electron chi connectivity index (χ1n) is 9.35. The number of hydrogen-bond acceptors (Lipinski definition) is 5. The molecule has 30 heavy (non-hydrogen) atoms. The highest BCUT2D eigenvalue weighted by Crippen LogP contribution is 2.03. The molecule has 1 N–H and O–H groups in total. The van der Waals surface area contributed by atoms with Crippen LogP contribution < -0.4 is 0 Å². The van der Waals surface area contributed by atoms with Gasteiger partial charge in [0.15, 0.2) is 0 Å². The zero-order valence-electron chi connectivity index (χ0n) is 18.1. The molecular formula is C24H32O6. The van der Waals surface area contributed by atoms with Crippen molar-refractivity contribution < 1.29 is 29.0 Å². The van der Waals surface area contributed by atoms with Crippen LogP contribution in [0.25, 0.3) is 6.08 Å². The maximum atomic E-state index is 11.2. The number of carboxylic acid groups (broad SMARTS) is 1. The third-order valence-corrected chi connectivity index (χ3v) is 3.21. The summed E-state index contributed by atoms with van der Waals surface area (Å²) in [6.45, 7) is 14.5. The van der Waals surface area contributed by atoms with Gasteiger partial charge in [-0.05, 0) is 25.3 Å². The molecule has 0 radical (unpaired) electrons. The third-order valence-electron chi connectivity index (χ3n) is 3.21. The van der Waals surface area contributed by atoms with E-state index in [2.05, 4.69) is 24.5 Å². The summed E-state index contributed by atoms with van der Waals surface area (Å²) in [7, 11) is 1.33.